The molecule has 0 spiro atoms. The van der Waals surface area contributed by atoms with Gasteiger partial charge in [-0.25, -0.2) is 0 Å². The maximum atomic E-state index is 5.53. The fraction of sp³-hybridized carbons (Fsp3) is 1.00. The second-order valence-electron chi connectivity index (χ2n) is 4.95. The SMILES string of the molecule is CCCCCCCCCCC(C)CCN. The summed E-state index contributed by atoms with van der Waals surface area (Å²) in [6.07, 6.45) is 14.0. The molecule has 0 aliphatic rings. The van der Waals surface area contributed by atoms with Crippen molar-refractivity contribution >= 4 is 0 Å². The van der Waals surface area contributed by atoms with Gasteiger partial charge in [0.15, 0.2) is 0 Å². The van der Waals surface area contributed by atoms with Crippen molar-refractivity contribution in [2.24, 2.45) is 11.7 Å². The molecule has 0 amide bonds. The lowest BCUT2D eigenvalue weighted by molar-refractivity contribution is 0.459. The minimum absolute atomic E-state index is 0.843. The van der Waals surface area contributed by atoms with E-state index >= 15 is 0 Å². The molecule has 0 saturated carbocycles. The van der Waals surface area contributed by atoms with Crippen LogP contribution in [0, 0.1) is 5.92 Å². The van der Waals surface area contributed by atoms with Gasteiger partial charge in [0.1, 0.15) is 0 Å². The van der Waals surface area contributed by atoms with Crippen LogP contribution < -0.4 is 5.73 Å². The van der Waals surface area contributed by atoms with Crippen molar-refractivity contribution < 1.29 is 0 Å². The highest BCUT2D eigenvalue weighted by atomic mass is 14.5. The van der Waals surface area contributed by atoms with Crippen LogP contribution in [0.3, 0.4) is 0 Å². The highest BCUT2D eigenvalue weighted by Gasteiger charge is 1.99. The number of unbranched alkanes of at least 4 members (excludes halogenated alkanes) is 7. The van der Waals surface area contributed by atoms with Gasteiger partial charge in [-0.1, -0.05) is 71.6 Å². The Balaban J connectivity index is 2.98. The van der Waals surface area contributed by atoms with E-state index in [-0.39, 0.29) is 0 Å². The minimum atomic E-state index is 0.843. The molecule has 0 heterocycles. The molecular formula is C14H31N. The van der Waals surface area contributed by atoms with Gasteiger partial charge in [0.2, 0.25) is 0 Å². The summed E-state index contributed by atoms with van der Waals surface area (Å²) in [6.45, 7) is 5.46. The summed E-state index contributed by atoms with van der Waals surface area (Å²) in [5, 5.41) is 0. The largest absolute Gasteiger partial charge is 0.330 e. The second kappa shape index (κ2) is 12.0. The Bertz CT molecular complexity index is 112. The van der Waals surface area contributed by atoms with E-state index in [0.717, 1.165) is 12.5 Å². The molecule has 15 heavy (non-hydrogen) atoms. The molecule has 0 aliphatic heterocycles. The van der Waals surface area contributed by atoms with E-state index in [1.807, 2.05) is 0 Å². The summed E-state index contributed by atoms with van der Waals surface area (Å²) in [5.74, 6) is 0.843. The van der Waals surface area contributed by atoms with Gasteiger partial charge >= 0.3 is 0 Å². The predicted molar refractivity (Wildman–Crippen MR) is 70.1 cm³/mol. The normalized spacial score (nSPS) is 13.0. The van der Waals surface area contributed by atoms with E-state index in [1.165, 1.54) is 64.2 Å². The lowest BCUT2D eigenvalue weighted by atomic mass is 9.99. The molecule has 1 nitrogen and oxygen atoms in total. The lowest BCUT2D eigenvalue weighted by Gasteiger charge is -2.08. The van der Waals surface area contributed by atoms with Crippen molar-refractivity contribution in [3.8, 4) is 0 Å². The Hall–Kier alpha value is -0.0400. The summed E-state index contributed by atoms with van der Waals surface area (Å²) in [5.41, 5.74) is 5.53. The first kappa shape index (κ1) is 15.0. The van der Waals surface area contributed by atoms with Gasteiger partial charge < -0.3 is 5.73 Å². The first-order valence-corrected chi connectivity index (χ1v) is 7.01. The molecule has 0 aromatic carbocycles. The molecule has 0 saturated heterocycles. The molecular weight excluding hydrogens is 182 g/mol. The van der Waals surface area contributed by atoms with Crippen LogP contribution in [-0.4, -0.2) is 6.54 Å². The third-order valence-electron chi connectivity index (χ3n) is 3.21. The molecule has 0 radical (unpaired) electrons. The fourth-order valence-electron chi connectivity index (χ4n) is 2.06. The Morgan fingerprint density at radius 3 is 1.87 bits per heavy atom. The Morgan fingerprint density at radius 2 is 1.33 bits per heavy atom. The van der Waals surface area contributed by atoms with Crippen LogP contribution in [0.4, 0.5) is 0 Å². The van der Waals surface area contributed by atoms with E-state index < -0.39 is 0 Å². The van der Waals surface area contributed by atoms with Crippen LogP contribution in [0.1, 0.15) is 78.1 Å². The number of hydrogen-bond acceptors (Lipinski definition) is 1. The molecule has 0 aromatic rings. The van der Waals surface area contributed by atoms with Crippen molar-refractivity contribution in [2.75, 3.05) is 6.54 Å². The highest BCUT2D eigenvalue weighted by Crippen LogP contribution is 2.14. The van der Waals surface area contributed by atoms with Gasteiger partial charge in [-0.3, -0.25) is 0 Å². The quantitative estimate of drug-likeness (QED) is 0.502. The van der Waals surface area contributed by atoms with Crippen molar-refractivity contribution in [1.82, 2.24) is 0 Å². The third-order valence-corrected chi connectivity index (χ3v) is 3.21. The first-order valence-electron chi connectivity index (χ1n) is 7.01. The van der Waals surface area contributed by atoms with Crippen LogP contribution in [0.15, 0.2) is 0 Å². The molecule has 1 heteroatoms. The first-order chi connectivity index (χ1) is 7.31. The zero-order valence-electron chi connectivity index (χ0n) is 10.9. The van der Waals surface area contributed by atoms with E-state index in [4.69, 9.17) is 5.73 Å². The third kappa shape index (κ3) is 11.9. The highest BCUT2D eigenvalue weighted by molar-refractivity contribution is 4.54. The summed E-state index contributed by atoms with van der Waals surface area (Å²) in [7, 11) is 0. The van der Waals surface area contributed by atoms with Crippen LogP contribution in [-0.2, 0) is 0 Å². The molecule has 0 bridgehead atoms. The van der Waals surface area contributed by atoms with Crippen LogP contribution in [0.2, 0.25) is 0 Å². The van der Waals surface area contributed by atoms with E-state index in [2.05, 4.69) is 13.8 Å². The van der Waals surface area contributed by atoms with Crippen LogP contribution in [0.5, 0.6) is 0 Å². The summed E-state index contributed by atoms with van der Waals surface area (Å²) in [4.78, 5) is 0. The smallest absolute Gasteiger partial charge is 0.00747 e. The fourth-order valence-corrected chi connectivity index (χ4v) is 2.06. The average Bonchev–Trinajstić information content (AvgIpc) is 2.22. The molecule has 92 valence electrons. The van der Waals surface area contributed by atoms with Gasteiger partial charge in [0.05, 0.1) is 0 Å². The molecule has 0 fully saturated rings. The Morgan fingerprint density at radius 1 is 0.800 bits per heavy atom. The monoisotopic (exact) mass is 213 g/mol. The Labute approximate surface area is 96.8 Å². The Kier molecular flexibility index (Phi) is 12.0. The maximum Gasteiger partial charge on any atom is -0.00747 e. The lowest BCUT2D eigenvalue weighted by Crippen LogP contribution is -2.05. The van der Waals surface area contributed by atoms with Crippen LogP contribution >= 0.6 is 0 Å². The van der Waals surface area contributed by atoms with Gasteiger partial charge in [0, 0.05) is 0 Å². The van der Waals surface area contributed by atoms with Gasteiger partial charge in [0.25, 0.3) is 0 Å². The molecule has 0 rings (SSSR count). The van der Waals surface area contributed by atoms with Crippen molar-refractivity contribution in [3.63, 3.8) is 0 Å². The van der Waals surface area contributed by atoms with Crippen molar-refractivity contribution in [3.05, 3.63) is 0 Å². The zero-order valence-corrected chi connectivity index (χ0v) is 10.9. The molecule has 0 aliphatic carbocycles. The van der Waals surface area contributed by atoms with E-state index in [9.17, 15) is 0 Å². The standard InChI is InChI=1S/C14H31N/c1-3-4-5-6-7-8-9-10-11-14(2)12-13-15/h14H,3-13,15H2,1-2H3. The number of nitrogens with two attached hydrogens (primary N) is 1. The van der Waals surface area contributed by atoms with Gasteiger partial charge in [-0.2, -0.15) is 0 Å². The van der Waals surface area contributed by atoms with Crippen molar-refractivity contribution in [1.29, 1.82) is 0 Å². The van der Waals surface area contributed by atoms with Crippen LogP contribution in [0.25, 0.3) is 0 Å². The van der Waals surface area contributed by atoms with E-state index in [0.29, 0.717) is 0 Å². The molecule has 0 aromatic heterocycles. The average molecular weight is 213 g/mol. The number of hydrogen-bond donors (Lipinski definition) is 1. The maximum absolute atomic E-state index is 5.53. The zero-order chi connectivity index (χ0) is 11.4. The molecule has 1 atom stereocenters. The summed E-state index contributed by atoms with van der Waals surface area (Å²) in [6, 6.07) is 0. The number of rotatable bonds is 11. The molecule has 2 N–H and O–H groups in total. The van der Waals surface area contributed by atoms with Crippen molar-refractivity contribution in [2.45, 2.75) is 78.1 Å². The summed E-state index contributed by atoms with van der Waals surface area (Å²) < 4.78 is 0. The minimum Gasteiger partial charge on any atom is -0.330 e. The second-order valence-corrected chi connectivity index (χ2v) is 4.95. The summed E-state index contributed by atoms with van der Waals surface area (Å²) >= 11 is 0. The van der Waals surface area contributed by atoms with E-state index in [1.54, 1.807) is 0 Å². The van der Waals surface area contributed by atoms with Gasteiger partial charge in [-0.05, 0) is 18.9 Å². The van der Waals surface area contributed by atoms with Gasteiger partial charge in [-0.15, -0.1) is 0 Å². The molecule has 1 unspecified atom stereocenters. The topological polar surface area (TPSA) is 26.0 Å². The predicted octanol–water partition coefficient (Wildman–Crippen LogP) is 4.50.